The summed E-state index contributed by atoms with van der Waals surface area (Å²) in [4.78, 5) is 26.2. The Balaban J connectivity index is 1.72. The first kappa shape index (κ1) is 29.2. The summed E-state index contributed by atoms with van der Waals surface area (Å²) in [7, 11) is -2.77. The number of carbonyl (C=O) groups is 1. The van der Waals surface area contributed by atoms with Gasteiger partial charge in [-0.1, -0.05) is 81.4 Å². The molecule has 1 unspecified atom stereocenters. The molecule has 4 rings (SSSR count). The molecule has 0 N–H and O–H groups in total. The Kier molecular flexibility index (Phi) is 8.83. The van der Waals surface area contributed by atoms with Crippen LogP contribution in [-0.4, -0.2) is 67.2 Å². The fourth-order valence-electron chi connectivity index (χ4n) is 5.19. The lowest BCUT2D eigenvalue weighted by molar-refractivity contribution is 0.0198. The van der Waals surface area contributed by atoms with E-state index in [1.54, 1.807) is 17.3 Å². The number of rotatable bonds is 6. The number of halogens is 1. The van der Waals surface area contributed by atoms with Crippen LogP contribution < -0.4 is 15.3 Å². The van der Waals surface area contributed by atoms with Crippen molar-refractivity contribution in [3.05, 3.63) is 77.5 Å². The minimum Gasteiger partial charge on any atom is -0.444 e. The van der Waals surface area contributed by atoms with Crippen LogP contribution in [-0.2, 0) is 9.16 Å². The number of hydrogen-bond donors (Lipinski definition) is 0. The van der Waals surface area contributed by atoms with Crippen molar-refractivity contribution in [3.63, 3.8) is 0 Å². The minimum absolute atomic E-state index is 0.158. The van der Waals surface area contributed by atoms with Crippen molar-refractivity contribution in [2.75, 3.05) is 31.1 Å². The molecule has 208 valence electrons. The molecule has 1 aromatic heterocycles. The lowest BCUT2D eigenvalue weighted by Crippen LogP contribution is -2.68. The lowest BCUT2D eigenvalue weighted by Gasteiger charge is -2.46. The normalized spacial score (nSPS) is 16.7. The van der Waals surface area contributed by atoms with E-state index in [0.717, 1.165) is 4.47 Å². The van der Waals surface area contributed by atoms with E-state index in [1.165, 1.54) is 10.4 Å². The summed E-state index contributed by atoms with van der Waals surface area (Å²) in [5, 5.41) is 2.28. The average Bonchev–Trinajstić information content (AvgIpc) is 2.89. The van der Waals surface area contributed by atoms with E-state index in [0.29, 0.717) is 32.2 Å². The highest BCUT2D eigenvalue weighted by Crippen LogP contribution is 2.37. The highest BCUT2D eigenvalue weighted by Gasteiger charge is 2.51. The van der Waals surface area contributed by atoms with Gasteiger partial charge in [-0.05, 0) is 52.1 Å². The van der Waals surface area contributed by atoms with Crippen LogP contribution in [0.4, 0.5) is 10.7 Å². The zero-order valence-electron chi connectivity index (χ0n) is 23.7. The lowest BCUT2D eigenvalue weighted by atomic mass is 10.2. The van der Waals surface area contributed by atoms with Gasteiger partial charge in [-0.2, -0.15) is 0 Å². The maximum atomic E-state index is 13.1. The molecule has 1 saturated heterocycles. The van der Waals surface area contributed by atoms with Crippen molar-refractivity contribution in [3.8, 4) is 0 Å². The van der Waals surface area contributed by atoms with E-state index in [-0.39, 0.29) is 17.2 Å². The predicted molar refractivity (Wildman–Crippen MR) is 162 cm³/mol. The number of benzene rings is 2. The van der Waals surface area contributed by atoms with E-state index in [2.05, 4.69) is 100 Å². The molecule has 2 heterocycles. The second kappa shape index (κ2) is 11.8. The van der Waals surface area contributed by atoms with E-state index in [4.69, 9.17) is 9.16 Å². The molecule has 0 radical (unpaired) electrons. The van der Waals surface area contributed by atoms with Gasteiger partial charge in [0.25, 0.3) is 8.32 Å². The summed E-state index contributed by atoms with van der Waals surface area (Å²) in [5.74, 6) is 0.623. The number of anilines is 1. The van der Waals surface area contributed by atoms with Gasteiger partial charge in [0, 0.05) is 32.0 Å². The fourth-order valence-corrected chi connectivity index (χ4v) is 9.99. The van der Waals surface area contributed by atoms with Crippen LogP contribution in [0.15, 0.2) is 77.5 Å². The number of aromatic nitrogens is 2. The summed E-state index contributed by atoms with van der Waals surface area (Å²) in [6, 6.07) is 21.0. The topological polar surface area (TPSA) is 67.8 Å². The van der Waals surface area contributed by atoms with E-state index in [9.17, 15) is 4.79 Å². The first-order chi connectivity index (χ1) is 18.4. The highest BCUT2D eigenvalue weighted by molar-refractivity contribution is 9.10. The molecule has 1 amide bonds. The Morgan fingerprint density at radius 2 is 1.46 bits per heavy atom. The van der Waals surface area contributed by atoms with Gasteiger partial charge in [-0.15, -0.1) is 0 Å². The van der Waals surface area contributed by atoms with E-state index in [1.807, 2.05) is 32.9 Å². The zero-order valence-corrected chi connectivity index (χ0v) is 26.3. The first-order valence-electron chi connectivity index (χ1n) is 13.4. The van der Waals surface area contributed by atoms with Gasteiger partial charge in [-0.3, -0.25) is 0 Å². The van der Waals surface area contributed by atoms with Gasteiger partial charge in [-0.25, -0.2) is 14.8 Å². The number of hydrogen-bond acceptors (Lipinski definition) is 6. The molecule has 1 aliphatic heterocycles. The molecule has 3 aromatic rings. The van der Waals surface area contributed by atoms with Crippen molar-refractivity contribution >= 4 is 46.7 Å². The van der Waals surface area contributed by atoms with Gasteiger partial charge >= 0.3 is 6.09 Å². The Morgan fingerprint density at radius 3 is 1.95 bits per heavy atom. The largest absolute Gasteiger partial charge is 0.444 e. The first-order valence-corrected chi connectivity index (χ1v) is 16.1. The third-order valence-corrected chi connectivity index (χ3v) is 12.3. The van der Waals surface area contributed by atoms with Crippen molar-refractivity contribution in [1.82, 2.24) is 14.9 Å². The summed E-state index contributed by atoms with van der Waals surface area (Å²) in [5.41, 5.74) is -0.566. The molecule has 2 aromatic carbocycles. The van der Waals surface area contributed by atoms with Gasteiger partial charge in [0.1, 0.15) is 5.60 Å². The quantitative estimate of drug-likeness (QED) is 0.356. The van der Waals surface area contributed by atoms with Crippen molar-refractivity contribution in [1.29, 1.82) is 0 Å². The SMILES string of the molecule is CC(C)(C)OC(=O)N1CCN(c2ncc(Br)cn2)C(CO[Si](c2ccccc2)(c2ccccc2)C(C)(C)C)C1. The third-order valence-electron chi connectivity index (χ3n) is 6.91. The van der Waals surface area contributed by atoms with Crippen LogP contribution in [0.1, 0.15) is 41.5 Å². The maximum Gasteiger partial charge on any atom is 0.410 e. The smallest absolute Gasteiger partial charge is 0.410 e. The second-order valence-corrected chi connectivity index (χ2v) is 17.2. The van der Waals surface area contributed by atoms with Crippen LogP contribution in [0.5, 0.6) is 0 Å². The van der Waals surface area contributed by atoms with Crippen LogP contribution in [0, 0.1) is 0 Å². The molecule has 1 atom stereocenters. The summed E-state index contributed by atoms with van der Waals surface area (Å²) < 4.78 is 13.8. The third kappa shape index (κ3) is 6.70. The van der Waals surface area contributed by atoms with E-state index < -0.39 is 13.9 Å². The maximum absolute atomic E-state index is 13.1. The monoisotopic (exact) mass is 610 g/mol. The molecule has 0 spiro atoms. The highest BCUT2D eigenvalue weighted by atomic mass is 79.9. The Hall–Kier alpha value is -2.75. The second-order valence-electron chi connectivity index (χ2n) is 11.9. The van der Waals surface area contributed by atoms with Crippen LogP contribution >= 0.6 is 15.9 Å². The Bertz CT molecular complexity index is 1190. The number of amides is 1. The van der Waals surface area contributed by atoms with Gasteiger partial charge in [0.2, 0.25) is 5.95 Å². The molecule has 39 heavy (non-hydrogen) atoms. The summed E-state index contributed by atoms with van der Waals surface area (Å²) >= 11 is 3.44. The van der Waals surface area contributed by atoms with Crippen molar-refractivity contribution in [2.45, 2.75) is 58.2 Å². The summed E-state index contributed by atoms with van der Waals surface area (Å²) in [6.07, 6.45) is 3.19. The number of ether oxygens (including phenoxy) is 1. The van der Waals surface area contributed by atoms with E-state index >= 15 is 0 Å². The molecule has 1 fully saturated rings. The molecule has 0 saturated carbocycles. The van der Waals surface area contributed by atoms with Gasteiger partial charge < -0.3 is 19.0 Å². The standard InChI is InChI=1S/C30H39BrN4O3Si/c1-29(2,3)38-28(36)34-17-18-35(27-32-19-23(31)20-33-27)24(21-34)22-37-39(30(4,5)6,25-13-9-7-10-14-25)26-15-11-8-12-16-26/h7-16,19-20,24H,17-18,21-22H2,1-6H3. The number of piperazine rings is 1. The molecular weight excluding hydrogens is 572 g/mol. The Morgan fingerprint density at radius 1 is 0.923 bits per heavy atom. The molecular formula is C30H39BrN4O3Si. The van der Waals surface area contributed by atoms with Gasteiger partial charge in [0.05, 0.1) is 17.1 Å². The molecule has 7 nitrogen and oxygen atoms in total. The fraction of sp³-hybridized carbons (Fsp3) is 0.433. The zero-order chi connectivity index (χ0) is 28.3. The number of nitrogens with zero attached hydrogens (tertiary/aromatic N) is 4. The average molecular weight is 612 g/mol. The molecule has 9 heteroatoms. The predicted octanol–water partition coefficient (Wildman–Crippen LogP) is 5.24. The van der Waals surface area contributed by atoms with Gasteiger partial charge in [0.15, 0.2) is 0 Å². The summed E-state index contributed by atoms with van der Waals surface area (Å²) in [6.45, 7) is 14.4. The van der Waals surface area contributed by atoms with Crippen molar-refractivity contribution < 1.29 is 14.0 Å². The van der Waals surface area contributed by atoms with Crippen LogP contribution in [0.3, 0.4) is 0 Å². The number of carbonyl (C=O) groups excluding carboxylic acids is 1. The van der Waals surface area contributed by atoms with Crippen molar-refractivity contribution in [2.24, 2.45) is 0 Å². The molecule has 1 aliphatic rings. The Labute approximate surface area is 241 Å². The molecule has 0 bridgehead atoms. The van der Waals surface area contributed by atoms with Crippen LogP contribution in [0.25, 0.3) is 0 Å². The molecule has 0 aliphatic carbocycles. The minimum atomic E-state index is -2.77. The van der Waals surface area contributed by atoms with Crippen LogP contribution in [0.2, 0.25) is 5.04 Å².